The van der Waals surface area contributed by atoms with Crippen LogP contribution < -0.4 is 0 Å². The molecule has 2 aromatic carbocycles. The molecule has 0 heterocycles. The second-order valence-electron chi connectivity index (χ2n) is 8.27. The fourth-order valence-electron chi connectivity index (χ4n) is 4.94. The predicted molar refractivity (Wildman–Crippen MR) is 108 cm³/mol. The standard InChI is InChI=1S/C25H28F2/c1-2-3-17-4-6-18(7-5-17)20-8-9-21-15-24(25(27)16-22(21)14-20)19-10-12-23(26)13-11-19/h8,10-13,15-18H,2-7,9,14H2,1H3. The highest BCUT2D eigenvalue weighted by molar-refractivity contribution is 5.66. The summed E-state index contributed by atoms with van der Waals surface area (Å²) in [4.78, 5) is 0. The van der Waals surface area contributed by atoms with Crippen molar-refractivity contribution >= 4 is 0 Å². The quantitative estimate of drug-likeness (QED) is 0.499. The van der Waals surface area contributed by atoms with E-state index in [-0.39, 0.29) is 11.6 Å². The molecule has 2 aliphatic rings. The predicted octanol–water partition coefficient (Wildman–Crippen LogP) is 7.26. The minimum atomic E-state index is -0.293. The fraction of sp³-hybridized carbons (Fsp3) is 0.440. The molecule has 2 aromatic rings. The summed E-state index contributed by atoms with van der Waals surface area (Å²) in [6, 6.07) is 9.76. The molecule has 2 aliphatic carbocycles. The molecular weight excluding hydrogens is 338 g/mol. The van der Waals surface area contributed by atoms with Crippen molar-refractivity contribution in [3.63, 3.8) is 0 Å². The molecule has 0 saturated heterocycles. The van der Waals surface area contributed by atoms with E-state index in [4.69, 9.17) is 0 Å². The normalized spacial score (nSPS) is 22.3. The molecule has 0 bridgehead atoms. The van der Waals surface area contributed by atoms with Crippen LogP contribution in [0.4, 0.5) is 8.78 Å². The Labute approximate surface area is 161 Å². The van der Waals surface area contributed by atoms with Crippen LogP contribution in [0.25, 0.3) is 11.1 Å². The average Bonchev–Trinajstić information content (AvgIpc) is 2.69. The highest BCUT2D eigenvalue weighted by Gasteiger charge is 2.25. The van der Waals surface area contributed by atoms with Gasteiger partial charge in [-0.15, -0.1) is 0 Å². The molecule has 27 heavy (non-hydrogen) atoms. The first kappa shape index (κ1) is 18.4. The highest BCUT2D eigenvalue weighted by atomic mass is 19.1. The second kappa shape index (κ2) is 7.96. The van der Waals surface area contributed by atoms with Crippen molar-refractivity contribution in [1.82, 2.24) is 0 Å². The number of allylic oxidation sites excluding steroid dienone is 2. The molecule has 142 valence electrons. The van der Waals surface area contributed by atoms with Gasteiger partial charge in [-0.25, -0.2) is 8.78 Å². The van der Waals surface area contributed by atoms with Gasteiger partial charge in [0.05, 0.1) is 0 Å². The van der Waals surface area contributed by atoms with E-state index in [0.717, 1.165) is 29.9 Å². The SMILES string of the molecule is CCCC1CCC(C2=CCc3cc(-c4ccc(F)cc4)c(F)cc3C2)CC1. The average molecular weight is 366 g/mol. The van der Waals surface area contributed by atoms with Gasteiger partial charge in [0.15, 0.2) is 0 Å². The Balaban J connectivity index is 1.50. The van der Waals surface area contributed by atoms with Crippen LogP contribution in [-0.4, -0.2) is 0 Å². The van der Waals surface area contributed by atoms with Crippen LogP contribution in [0.1, 0.15) is 56.6 Å². The van der Waals surface area contributed by atoms with Crippen LogP contribution in [-0.2, 0) is 12.8 Å². The molecular formula is C25H28F2. The van der Waals surface area contributed by atoms with Gasteiger partial charge in [0.1, 0.15) is 11.6 Å². The smallest absolute Gasteiger partial charge is 0.131 e. The molecule has 0 aromatic heterocycles. The zero-order chi connectivity index (χ0) is 18.8. The lowest BCUT2D eigenvalue weighted by Gasteiger charge is -2.32. The highest BCUT2D eigenvalue weighted by Crippen LogP contribution is 2.39. The fourth-order valence-corrected chi connectivity index (χ4v) is 4.94. The van der Waals surface area contributed by atoms with Gasteiger partial charge in [0.25, 0.3) is 0 Å². The molecule has 0 spiro atoms. The summed E-state index contributed by atoms with van der Waals surface area (Å²) in [5.41, 5.74) is 5.17. The molecule has 2 heteroatoms. The zero-order valence-corrected chi connectivity index (χ0v) is 16.1. The number of benzene rings is 2. The van der Waals surface area contributed by atoms with Crippen LogP contribution in [0.5, 0.6) is 0 Å². The summed E-state index contributed by atoms with van der Waals surface area (Å²) in [5.74, 6) is 1.11. The topological polar surface area (TPSA) is 0 Å². The van der Waals surface area contributed by atoms with E-state index in [1.165, 1.54) is 61.8 Å². The van der Waals surface area contributed by atoms with E-state index < -0.39 is 0 Å². The number of hydrogen-bond acceptors (Lipinski definition) is 0. The lowest BCUT2D eigenvalue weighted by molar-refractivity contribution is 0.283. The summed E-state index contributed by atoms with van der Waals surface area (Å²) in [6.07, 6.45) is 12.1. The van der Waals surface area contributed by atoms with Gasteiger partial charge < -0.3 is 0 Å². The van der Waals surface area contributed by atoms with E-state index >= 15 is 0 Å². The monoisotopic (exact) mass is 366 g/mol. The van der Waals surface area contributed by atoms with Crippen molar-refractivity contribution in [3.05, 3.63) is 70.8 Å². The lowest BCUT2D eigenvalue weighted by Crippen LogP contribution is -2.19. The van der Waals surface area contributed by atoms with E-state index in [1.54, 1.807) is 18.2 Å². The van der Waals surface area contributed by atoms with Gasteiger partial charge in [0, 0.05) is 5.56 Å². The summed E-state index contributed by atoms with van der Waals surface area (Å²) >= 11 is 0. The lowest BCUT2D eigenvalue weighted by atomic mass is 9.74. The summed E-state index contributed by atoms with van der Waals surface area (Å²) < 4.78 is 27.9. The summed E-state index contributed by atoms with van der Waals surface area (Å²) in [6.45, 7) is 2.28. The number of halogens is 2. The van der Waals surface area contributed by atoms with Crippen LogP contribution in [0, 0.1) is 23.5 Å². The summed E-state index contributed by atoms with van der Waals surface area (Å²) in [7, 11) is 0. The van der Waals surface area contributed by atoms with Crippen molar-refractivity contribution in [2.45, 2.75) is 58.3 Å². The maximum Gasteiger partial charge on any atom is 0.131 e. The minimum Gasteiger partial charge on any atom is -0.207 e. The number of hydrogen-bond donors (Lipinski definition) is 0. The van der Waals surface area contributed by atoms with E-state index in [1.807, 2.05) is 6.07 Å². The van der Waals surface area contributed by atoms with Crippen LogP contribution in [0.2, 0.25) is 0 Å². The molecule has 0 amide bonds. The Morgan fingerprint density at radius 2 is 1.67 bits per heavy atom. The molecule has 1 saturated carbocycles. The molecule has 0 nitrogen and oxygen atoms in total. The van der Waals surface area contributed by atoms with Crippen molar-refractivity contribution in [2.24, 2.45) is 11.8 Å². The molecule has 0 radical (unpaired) electrons. The van der Waals surface area contributed by atoms with Crippen molar-refractivity contribution in [1.29, 1.82) is 0 Å². The molecule has 0 N–H and O–H groups in total. The second-order valence-corrected chi connectivity index (χ2v) is 8.27. The van der Waals surface area contributed by atoms with Gasteiger partial charge in [0.2, 0.25) is 0 Å². The van der Waals surface area contributed by atoms with Gasteiger partial charge in [-0.2, -0.15) is 0 Å². The Morgan fingerprint density at radius 1 is 0.926 bits per heavy atom. The molecule has 0 aliphatic heterocycles. The Hall–Kier alpha value is -1.96. The zero-order valence-electron chi connectivity index (χ0n) is 16.1. The largest absolute Gasteiger partial charge is 0.207 e. The van der Waals surface area contributed by atoms with E-state index in [0.29, 0.717) is 11.5 Å². The molecule has 1 fully saturated rings. The molecule has 4 rings (SSSR count). The van der Waals surface area contributed by atoms with Crippen molar-refractivity contribution in [3.8, 4) is 11.1 Å². The third-order valence-electron chi connectivity index (χ3n) is 6.49. The molecule has 0 unspecified atom stereocenters. The van der Waals surface area contributed by atoms with Crippen molar-refractivity contribution in [2.75, 3.05) is 0 Å². The van der Waals surface area contributed by atoms with Crippen molar-refractivity contribution < 1.29 is 8.78 Å². The third kappa shape index (κ3) is 4.00. The van der Waals surface area contributed by atoms with Gasteiger partial charge in [-0.1, -0.05) is 43.5 Å². The summed E-state index contributed by atoms with van der Waals surface area (Å²) in [5, 5.41) is 0. The van der Waals surface area contributed by atoms with Gasteiger partial charge in [-0.05, 0) is 91.3 Å². The van der Waals surface area contributed by atoms with Gasteiger partial charge >= 0.3 is 0 Å². The van der Waals surface area contributed by atoms with E-state index in [2.05, 4.69) is 13.0 Å². The van der Waals surface area contributed by atoms with E-state index in [9.17, 15) is 8.78 Å². The maximum atomic E-state index is 14.8. The van der Waals surface area contributed by atoms with Crippen LogP contribution in [0.15, 0.2) is 48.0 Å². The minimum absolute atomic E-state index is 0.201. The molecule has 0 atom stereocenters. The van der Waals surface area contributed by atoms with Crippen LogP contribution >= 0.6 is 0 Å². The Kier molecular flexibility index (Phi) is 5.43. The van der Waals surface area contributed by atoms with Gasteiger partial charge in [-0.3, -0.25) is 0 Å². The van der Waals surface area contributed by atoms with Crippen LogP contribution in [0.3, 0.4) is 0 Å². The first-order valence-electron chi connectivity index (χ1n) is 10.4. The maximum absolute atomic E-state index is 14.8. The number of rotatable bonds is 4. The Morgan fingerprint density at radius 3 is 2.37 bits per heavy atom. The first-order chi connectivity index (χ1) is 13.1. The first-order valence-corrected chi connectivity index (χ1v) is 10.4. The third-order valence-corrected chi connectivity index (χ3v) is 6.49. The Bertz CT molecular complexity index is 824. The number of fused-ring (bicyclic) bond motifs is 1.